The number of aromatic hydroxyl groups is 1. The maximum Gasteiger partial charge on any atom is 0.159 e. The fourth-order valence-corrected chi connectivity index (χ4v) is 3.48. The lowest BCUT2D eigenvalue weighted by atomic mass is 10.1. The number of hydrazone groups is 1. The standard InChI is InChI=1S/C19H14N4OS.CH4O/c24-15-8-4-5-13(9-15)10-22-23-18-17-16(14-6-2-1-3-7-14)11-25-19(17)21-12-20-18;1-2/h1-12,24H,(H,20,21,23);2H,1H3/b22-10+;. The van der Waals surface area contributed by atoms with Crippen LogP contribution < -0.4 is 5.43 Å². The quantitative estimate of drug-likeness (QED) is 0.367. The van der Waals surface area contributed by atoms with Gasteiger partial charge in [0.25, 0.3) is 0 Å². The predicted octanol–water partition coefficient (Wildman–Crippen LogP) is 4.12. The molecule has 0 aliphatic heterocycles. The second-order valence-corrected chi connectivity index (χ2v) is 6.24. The molecule has 0 aliphatic rings. The van der Waals surface area contributed by atoms with E-state index in [0.29, 0.717) is 5.82 Å². The topological polar surface area (TPSA) is 90.6 Å². The first kappa shape index (κ1) is 18.5. The summed E-state index contributed by atoms with van der Waals surface area (Å²) < 4.78 is 0. The molecule has 2 aromatic carbocycles. The van der Waals surface area contributed by atoms with E-state index in [9.17, 15) is 5.11 Å². The van der Waals surface area contributed by atoms with Crippen LogP contribution in [0.25, 0.3) is 21.3 Å². The average molecular weight is 378 g/mol. The summed E-state index contributed by atoms with van der Waals surface area (Å²) in [5.74, 6) is 0.860. The summed E-state index contributed by atoms with van der Waals surface area (Å²) in [4.78, 5) is 9.59. The van der Waals surface area contributed by atoms with E-state index in [1.165, 1.54) is 6.33 Å². The molecule has 0 amide bonds. The van der Waals surface area contributed by atoms with Gasteiger partial charge < -0.3 is 10.2 Å². The van der Waals surface area contributed by atoms with Gasteiger partial charge in [-0.25, -0.2) is 9.97 Å². The minimum absolute atomic E-state index is 0.206. The summed E-state index contributed by atoms with van der Waals surface area (Å²) in [6, 6.07) is 17.0. The van der Waals surface area contributed by atoms with Crippen molar-refractivity contribution in [3.05, 3.63) is 71.9 Å². The smallest absolute Gasteiger partial charge is 0.159 e. The highest BCUT2D eigenvalue weighted by Gasteiger charge is 2.12. The molecule has 0 radical (unpaired) electrons. The van der Waals surface area contributed by atoms with Crippen molar-refractivity contribution in [1.82, 2.24) is 9.97 Å². The first-order valence-corrected chi connectivity index (χ1v) is 9.00. The van der Waals surface area contributed by atoms with Crippen molar-refractivity contribution in [2.45, 2.75) is 0 Å². The zero-order valence-corrected chi connectivity index (χ0v) is 15.4. The first-order valence-electron chi connectivity index (χ1n) is 8.12. The van der Waals surface area contributed by atoms with Crippen LogP contribution in [0, 0.1) is 0 Å². The monoisotopic (exact) mass is 378 g/mol. The third-order valence-electron chi connectivity index (χ3n) is 3.71. The number of phenols is 1. The first-order chi connectivity index (χ1) is 13.3. The van der Waals surface area contributed by atoms with Crippen LogP contribution in [-0.4, -0.2) is 33.5 Å². The van der Waals surface area contributed by atoms with Crippen LogP contribution in [0.2, 0.25) is 0 Å². The lowest BCUT2D eigenvalue weighted by molar-refractivity contribution is 0.399. The zero-order valence-electron chi connectivity index (χ0n) is 14.6. The minimum Gasteiger partial charge on any atom is -0.508 e. The Labute approximate surface area is 160 Å². The molecule has 0 bridgehead atoms. The van der Waals surface area contributed by atoms with E-state index in [-0.39, 0.29) is 5.75 Å². The van der Waals surface area contributed by atoms with Crippen LogP contribution in [0.4, 0.5) is 5.82 Å². The van der Waals surface area contributed by atoms with Crippen LogP contribution in [0.3, 0.4) is 0 Å². The molecule has 2 heterocycles. The molecule has 4 rings (SSSR count). The maximum absolute atomic E-state index is 9.50. The highest BCUT2D eigenvalue weighted by molar-refractivity contribution is 7.17. The highest BCUT2D eigenvalue weighted by Crippen LogP contribution is 2.36. The third kappa shape index (κ3) is 4.28. The minimum atomic E-state index is 0.206. The van der Waals surface area contributed by atoms with Gasteiger partial charge in [0.1, 0.15) is 16.9 Å². The Kier molecular flexibility index (Phi) is 6.09. The number of phenolic OH excluding ortho intramolecular Hbond substituents is 1. The summed E-state index contributed by atoms with van der Waals surface area (Å²) in [6.45, 7) is 0. The van der Waals surface area contributed by atoms with E-state index >= 15 is 0 Å². The number of aliphatic hydroxyl groups is 1. The Morgan fingerprint density at radius 3 is 2.63 bits per heavy atom. The van der Waals surface area contributed by atoms with Gasteiger partial charge in [0.15, 0.2) is 5.82 Å². The van der Waals surface area contributed by atoms with Crippen molar-refractivity contribution < 1.29 is 10.2 Å². The van der Waals surface area contributed by atoms with Gasteiger partial charge in [-0.3, -0.25) is 5.43 Å². The van der Waals surface area contributed by atoms with Crippen molar-refractivity contribution >= 4 is 33.6 Å². The largest absolute Gasteiger partial charge is 0.508 e. The summed E-state index contributed by atoms with van der Waals surface area (Å²) in [5.41, 5.74) is 5.99. The normalized spacial score (nSPS) is 10.6. The highest BCUT2D eigenvalue weighted by atomic mass is 32.1. The Balaban J connectivity index is 0.00000102. The second-order valence-electron chi connectivity index (χ2n) is 5.38. The van der Waals surface area contributed by atoms with E-state index < -0.39 is 0 Å². The number of fused-ring (bicyclic) bond motifs is 1. The van der Waals surface area contributed by atoms with Crippen LogP contribution in [0.15, 0.2) is 71.4 Å². The molecular weight excluding hydrogens is 360 g/mol. The molecule has 0 fully saturated rings. The van der Waals surface area contributed by atoms with Gasteiger partial charge in [0, 0.05) is 18.1 Å². The van der Waals surface area contributed by atoms with Gasteiger partial charge in [0.05, 0.1) is 11.6 Å². The summed E-state index contributed by atoms with van der Waals surface area (Å²) in [5, 5.41) is 23.8. The summed E-state index contributed by atoms with van der Waals surface area (Å²) in [7, 11) is 1.00. The van der Waals surface area contributed by atoms with Gasteiger partial charge >= 0.3 is 0 Å². The molecule has 0 spiro atoms. The van der Waals surface area contributed by atoms with Crippen LogP contribution in [0.1, 0.15) is 5.56 Å². The zero-order chi connectivity index (χ0) is 19.1. The lowest BCUT2D eigenvalue weighted by Crippen LogP contribution is -1.95. The molecule has 0 aliphatic carbocycles. The van der Waals surface area contributed by atoms with E-state index in [2.05, 4.69) is 38.0 Å². The lowest BCUT2D eigenvalue weighted by Gasteiger charge is -2.04. The van der Waals surface area contributed by atoms with Gasteiger partial charge in [0.2, 0.25) is 0 Å². The fourth-order valence-electron chi connectivity index (χ4n) is 2.56. The number of aliphatic hydroxyl groups excluding tert-OH is 1. The summed E-state index contributed by atoms with van der Waals surface area (Å²) >= 11 is 1.58. The molecule has 0 unspecified atom stereocenters. The van der Waals surface area contributed by atoms with Gasteiger partial charge in [-0.15, -0.1) is 11.3 Å². The number of benzene rings is 2. The number of anilines is 1. The van der Waals surface area contributed by atoms with Gasteiger partial charge in [-0.1, -0.05) is 42.5 Å². The number of hydrogen-bond acceptors (Lipinski definition) is 7. The maximum atomic E-state index is 9.50. The number of nitrogens with one attached hydrogen (secondary N) is 1. The van der Waals surface area contributed by atoms with E-state index in [1.54, 1.807) is 35.8 Å². The third-order valence-corrected chi connectivity index (χ3v) is 4.60. The average Bonchev–Trinajstić information content (AvgIpc) is 3.15. The number of hydrogen-bond donors (Lipinski definition) is 3. The van der Waals surface area contributed by atoms with E-state index in [0.717, 1.165) is 34.0 Å². The predicted molar refractivity (Wildman–Crippen MR) is 110 cm³/mol. The molecule has 136 valence electrons. The molecule has 7 heteroatoms. The van der Waals surface area contributed by atoms with Crippen molar-refractivity contribution in [2.24, 2.45) is 5.10 Å². The Hall–Kier alpha value is -3.29. The van der Waals surface area contributed by atoms with Crippen molar-refractivity contribution in [2.75, 3.05) is 12.5 Å². The number of rotatable bonds is 4. The summed E-state index contributed by atoms with van der Waals surface area (Å²) in [6.07, 6.45) is 3.17. The molecule has 4 aromatic rings. The fraction of sp³-hybridized carbons (Fsp3) is 0.0500. The van der Waals surface area contributed by atoms with E-state index in [1.807, 2.05) is 24.3 Å². The SMILES string of the molecule is CO.Oc1cccc(/C=N/Nc2ncnc3scc(-c4ccccc4)c23)c1. The molecule has 6 nitrogen and oxygen atoms in total. The number of aromatic nitrogens is 2. The van der Waals surface area contributed by atoms with Crippen molar-refractivity contribution in [3.8, 4) is 16.9 Å². The van der Waals surface area contributed by atoms with E-state index in [4.69, 9.17) is 5.11 Å². The Morgan fingerprint density at radius 1 is 1.04 bits per heavy atom. The van der Waals surface area contributed by atoms with Crippen LogP contribution >= 0.6 is 11.3 Å². The van der Waals surface area contributed by atoms with Gasteiger partial charge in [-0.05, 0) is 23.3 Å². The molecule has 2 aromatic heterocycles. The van der Waals surface area contributed by atoms with Crippen LogP contribution in [0.5, 0.6) is 5.75 Å². The molecule has 3 N–H and O–H groups in total. The second kappa shape index (κ2) is 8.88. The van der Waals surface area contributed by atoms with Crippen molar-refractivity contribution in [3.63, 3.8) is 0 Å². The number of thiophene rings is 1. The molecule has 0 atom stereocenters. The van der Waals surface area contributed by atoms with Crippen molar-refractivity contribution in [1.29, 1.82) is 0 Å². The molecule has 0 saturated carbocycles. The Morgan fingerprint density at radius 2 is 1.85 bits per heavy atom. The number of nitrogens with zero attached hydrogens (tertiary/aromatic N) is 3. The molecular formula is C20H18N4O2S. The molecule has 0 saturated heterocycles. The Bertz CT molecular complexity index is 1050. The van der Waals surface area contributed by atoms with Crippen LogP contribution in [-0.2, 0) is 0 Å². The molecule has 27 heavy (non-hydrogen) atoms. The van der Waals surface area contributed by atoms with Gasteiger partial charge in [-0.2, -0.15) is 5.10 Å².